The summed E-state index contributed by atoms with van der Waals surface area (Å²) in [5.41, 5.74) is 0.975. The molecule has 1 fully saturated rings. The molecule has 0 aliphatic heterocycles. The summed E-state index contributed by atoms with van der Waals surface area (Å²) in [4.78, 5) is 13.7. The maximum atomic E-state index is 12.0. The van der Waals surface area contributed by atoms with Crippen molar-refractivity contribution in [2.75, 3.05) is 6.54 Å². The summed E-state index contributed by atoms with van der Waals surface area (Å²) in [5, 5.41) is 9.69. The number of hydrogen-bond donors (Lipinski definition) is 1. The van der Waals surface area contributed by atoms with Crippen LogP contribution in [0, 0.1) is 0 Å². The number of rotatable bonds is 6. The zero-order valence-corrected chi connectivity index (χ0v) is 11.3. The first-order valence-corrected chi connectivity index (χ1v) is 6.86. The Balaban J connectivity index is 1.85. The van der Waals surface area contributed by atoms with Crippen molar-refractivity contribution in [1.29, 1.82) is 0 Å². The Hall–Kier alpha value is -1.55. The largest absolute Gasteiger partial charge is 0.445 e. The smallest absolute Gasteiger partial charge is 0.410 e. The van der Waals surface area contributed by atoms with Gasteiger partial charge in [0.05, 0.1) is 12.6 Å². The van der Waals surface area contributed by atoms with Crippen molar-refractivity contribution in [2.45, 2.75) is 44.9 Å². The number of aliphatic hydroxyl groups is 1. The van der Waals surface area contributed by atoms with Gasteiger partial charge in [0.2, 0.25) is 0 Å². The molecule has 1 amide bonds. The molecule has 0 radical (unpaired) electrons. The van der Waals surface area contributed by atoms with Crippen LogP contribution in [0.3, 0.4) is 0 Å². The summed E-state index contributed by atoms with van der Waals surface area (Å²) in [6.45, 7) is 2.56. The molecule has 4 nitrogen and oxygen atoms in total. The van der Waals surface area contributed by atoms with E-state index in [4.69, 9.17) is 4.74 Å². The van der Waals surface area contributed by atoms with Crippen LogP contribution < -0.4 is 0 Å². The first-order valence-electron chi connectivity index (χ1n) is 6.86. The van der Waals surface area contributed by atoms with Crippen molar-refractivity contribution in [2.24, 2.45) is 0 Å². The maximum Gasteiger partial charge on any atom is 0.410 e. The first-order chi connectivity index (χ1) is 9.20. The Labute approximate surface area is 114 Å². The predicted octanol–water partition coefficient (Wildman–Crippen LogP) is 2.56. The number of aliphatic hydroxyl groups excluding tert-OH is 1. The lowest BCUT2D eigenvalue weighted by atomic mass is 10.2. The van der Waals surface area contributed by atoms with Crippen LogP contribution in [0.4, 0.5) is 4.79 Å². The van der Waals surface area contributed by atoms with E-state index in [0.29, 0.717) is 13.0 Å². The molecule has 0 saturated heterocycles. The lowest BCUT2D eigenvalue weighted by Gasteiger charge is -2.24. The second-order valence-electron chi connectivity index (χ2n) is 4.99. The lowest BCUT2D eigenvalue weighted by molar-refractivity contribution is 0.0646. The summed E-state index contributed by atoms with van der Waals surface area (Å²) in [7, 11) is 0. The summed E-state index contributed by atoms with van der Waals surface area (Å²) in [6.07, 6.45) is 1.88. The molecule has 1 aromatic rings. The highest BCUT2D eigenvalue weighted by Gasteiger charge is 2.34. The molecule has 104 valence electrons. The van der Waals surface area contributed by atoms with Gasteiger partial charge in [-0.1, -0.05) is 37.3 Å². The van der Waals surface area contributed by atoms with Crippen molar-refractivity contribution in [1.82, 2.24) is 4.90 Å². The molecule has 1 aromatic carbocycles. The van der Waals surface area contributed by atoms with Gasteiger partial charge in [0, 0.05) is 6.04 Å². The zero-order chi connectivity index (χ0) is 13.7. The van der Waals surface area contributed by atoms with Crippen LogP contribution in [0.15, 0.2) is 30.3 Å². The number of amides is 1. The van der Waals surface area contributed by atoms with Crippen LogP contribution in [0.2, 0.25) is 0 Å². The maximum absolute atomic E-state index is 12.0. The number of hydrogen-bond acceptors (Lipinski definition) is 3. The monoisotopic (exact) mass is 263 g/mol. The number of nitrogens with zero attached hydrogens (tertiary/aromatic N) is 1. The summed E-state index contributed by atoms with van der Waals surface area (Å²) in [6, 6.07) is 9.88. The molecule has 0 spiro atoms. The van der Waals surface area contributed by atoms with Gasteiger partial charge in [0.1, 0.15) is 6.61 Å². The summed E-state index contributed by atoms with van der Waals surface area (Å²) < 4.78 is 5.31. The molecule has 1 unspecified atom stereocenters. The van der Waals surface area contributed by atoms with Crippen molar-refractivity contribution in [3.8, 4) is 0 Å². The van der Waals surface area contributed by atoms with Crippen LogP contribution in [0.25, 0.3) is 0 Å². The van der Waals surface area contributed by atoms with Crippen molar-refractivity contribution in [3.05, 3.63) is 35.9 Å². The average molecular weight is 263 g/mol. The minimum atomic E-state index is -0.468. The Morgan fingerprint density at radius 2 is 2.11 bits per heavy atom. The second-order valence-corrected chi connectivity index (χ2v) is 4.99. The van der Waals surface area contributed by atoms with E-state index in [0.717, 1.165) is 18.4 Å². The highest BCUT2D eigenvalue weighted by molar-refractivity contribution is 5.68. The Morgan fingerprint density at radius 3 is 2.68 bits per heavy atom. The fraction of sp³-hybridized carbons (Fsp3) is 0.533. The quantitative estimate of drug-likeness (QED) is 0.858. The van der Waals surface area contributed by atoms with Gasteiger partial charge in [-0.2, -0.15) is 0 Å². The van der Waals surface area contributed by atoms with Crippen LogP contribution in [0.5, 0.6) is 0 Å². The van der Waals surface area contributed by atoms with Gasteiger partial charge in [-0.25, -0.2) is 4.79 Å². The minimum Gasteiger partial charge on any atom is -0.445 e. The highest BCUT2D eigenvalue weighted by Crippen LogP contribution is 2.28. The van der Waals surface area contributed by atoms with Crippen molar-refractivity contribution in [3.63, 3.8) is 0 Å². The Bertz CT molecular complexity index is 403. The van der Waals surface area contributed by atoms with Gasteiger partial charge in [0.25, 0.3) is 0 Å². The van der Waals surface area contributed by atoms with Gasteiger partial charge in [-0.05, 0) is 24.8 Å². The standard InChI is InChI=1S/C15H21NO3/c1-2-14(17)10-16(13-8-9-13)15(18)19-11-12-6-4-3-5-7-12/h3-7,13-14,17H,2,8-11H2,1H3. The Kier molecular flexibility index (Phi) is 4.80. The SMILES string of the molecule is CCC(O)CN(C(=O)OCc1ccccc1)C1CC1. The van der Waals surface area contributed by atoms with E-state index >= 15 is 0 Å². The van der Waals surface area contributed by atoms with E-state index in [1.807, 2.05) is 37.3 Å². The van der Waals surface area contributed by atoms with Crippen LogP contribution in [0.1, 0.15) is 31.7 Å². The third kappa shape index (κ3) is 4.24. The molecule has 2 rings (SSSR count). The van der Waals surface area contributed by atoms with E-state index in [-0.39, 0.29) is 18.7 Å². The van der Waals surface area contributed by atoms with Gasteiger partial charge in [-0.15, -0.1) is 0 Å². The molecule has 1 aliphatic carbocycles. The molecule has 1 aliphatic rings. The summed E-state index contributed by atoms with van der Waals surface area (Å²) >= 11 is 0. The third-order valence-electron chi connectivity index (χ3n) is 3.31. The molecule has 1 saturated carbocycles. The van der Waals surface area contributed by atoms with E-state index in [1.54, 1.807) is 4.90 Å². The molecule has 0 bridgehead atoms. The predicted molar refractivity (Wildman–Crippen MR) is 72.7 cm³/mol. The van der Waals surface area contributed by atoms with Crippen molar-refractivity contribution >= 4 is 6.09 Å². The highest BCUT2D eigenvalue weighted by atomic mass is 16.6. The minimum absolute atomic E-state index is 0.254. The number of carbonyl (C=O) groups excluding carboxylic acids is 1. The fourth-order valence-electron chi connectivity index (χ4n) is 1.92. The van der Waals surface area contributed by atoms with Gasteiger partial charge in [0.15, 0.2) is 0 Å². The van der Waals surface area contributed by atoms with E-state index in [2.05, 4.69) is 0 Å². The molecule has 1 atom stereocenters. The van der Waals surface area contributed by atoms with Gasteiger partial charge < -0.3 is 14.7 Å². The number of ether oxygens (including phenoxy) is 1. The molecule has 0 heterocycles. The number of carbonyl (C=O) groups is 1. The van der Waals surface area contributed by atoms with E-state index < -0.39 is 6.10 Å². The number of benzene rings is 1. The van der Waals surface area contributed by atoms with E-state index in [9.17, 15) is 9.90 Å². The first kappa shape index (κ1) is 13.9. The second kappa shape index (κ2) is 6.57. The summed E-state index contributed by atoms with van der Waals surface area (Å²) in [5.74, 6) is 0. The molecule has 19 heavy (non-hydrogen) atoms. The molecular weight excluding hydrogens is 242 g/mol. The molecule has 4 heteroatoms. The average Bonchev–Trinajstić information content (AvgIpc) is 3.27. The lowest BCUT2D eigenvalue weighted by Crippen LogP contribution is -2.39. The van der Waals surface area contributed by atoms with Crippen molar-refractivity contribution < 1.29 is 14.6 Å². The normalized spacial score (nSPS) is 15.9. The zero-order valence-electron chi connectivity index (χ0n) is 11.3. The van der Waals surface area contributed by atoms with E-state index in [1.165, 1.54) is 0 Å². The van der Waals surface area contributed by atoms with Gasteiger partial charge in [-0.3, -0.25) is 0 Å². The molecule has 0 aromatic heterocycles. The molecular formula is C15H21NO3. The van der Waals surface area contributed by atoms with Crippen LogP contribution in [-0.4, -0.2) is 34.8 Å². The van der Waals surface area contributed by atoms with Gasteiger partial charge >= 0.3 is 6.09 Å². The topological polar surface area (TPSA) is 49.8 Å². The van der Waals surface area contributed by atoms with Crippen LogP contribution in [-0.2, 0) is 11.3 Å². The Morgan fingerprint density at radius 1 is 1.42 bits per heavy atom. The fourth-order valence-corrected chi connectivity index (χ4v) is 1.92. The van der Waals surface area contributed by atoms with Crippen LogP contribution >= 0.6 is 0 Å². The third-order valence-corrected chi connectivity index (χ3v) is 3.31. The molecule has 1 N–H and O–H groups in total.